The zero-order valence-electron chi connectivity index (χ0n) is 6.43. The first-order valence-electron chi connectivity index (χ1n) is 3.90. The summed E-state index contributed by atoms with van der Waals surface area (Å²) in [5.74, 6) is 6.60. The average Bonchev–Trinajstić information content (AvgIpc) is 2.31. The second kappa shape index (κ2) is 3.63. The molecule has 1 aliphatic rings. The highest BCUT2D eigenvalue weighted by molar-refractivity contribution is 4.97. The molecule has 1 N–H and O–H groups in total. The van der Waals surface area contributed by atoms with Crippen molar-refractivity contribution < 1.29 is 5.11 Å². The average molecular weight is 138 g/mol. The second-order valence-corrected chi connectivity index (χ2v) is 2.96. The smallest absolute Gasteiger partial charge is 0.0543 e. The van der Waals surface area contributed by atoms with Crippen molar-refractivity contribution in [2.24, 2.45) is 5.92 Å². The van der Waals surface area contributed by atoms with E-state index in [9.17, 15) is 0 Å². The SMILES string of the molecule is CC#CCC1CCC(O)C1. The zero-order valence-corrected chi connectivity index (χ0v) is 6.43. The largest absolute Gasteiger partial charge is 0.393 e. The molecule has 56 valence electrons. The molecule has 0 aromatic heterocycles. The van der Waals surface area contributed by atoms with Crippen LogP contribution in [0.2, 0.25) is 0 Å². The van der Waals surface area contributed by atoms with Crippen LogP contribution < -0.4 is 0 Å². The molecule has 1 heteroatoms. The van der Waals surface area contributed by atoms with E-state index in [0.717, 1.165) is 25.7 Å². The lowest BCUT2D eigenvalue weighted by atomic mass is 10.0. The van der Waals surface area contributed by atoms with Gasteiger partial charge in [0.2, 0.25) is 0 Å². The van der Waals surface area contributed by atoms with Crippen LogP contribution in [0.25, 0.3) is 0 Å². The van der Waals surface area contributed by atoms with Crippen LogP contribution >= 0.6 is 0 Å². The van der Waals surface area contributed by atoms with E-state index in [1.807, 2.05) is 6.92 Å². The summed E-state index contributed by atoms with van der Waals surface area (Å²) in [5, 5.41) is 9.15. The van der Waals surface area contributed by atoms with Gasteiger partial charge >= 0.3 is 0 Å². The molecular formula is C9H14O. The van der Waals surface area contributed by atoms with Gasteiger partial charge in [-0.15, -0.1) is 11.8 Å². The first kappa shape index (κ1) is 7.63. The fourth-order valence-corrected chi connectivity index (χ4v) is 1.48. The molecule has 0 aliphatic heterocycles. The Morgan fingerprint density at radius 1 is 1.50 bits per heavy atom. The zero-order chi connectivity index (χ0) is 7.40. The summed E-state index contributed by atoms with van der Waals surface area (Å²) >= 11 is 0. The van der Waals surface area contributed by atoms with E-state index in [1.54, 1.807) is 0 Å². The van der Waals surface area contributed by atoms with Crippen LogP contribution in [0.3, 0.4) is 0 Å². The van der Waals surface area contributed by atoms with Crippen LogP contribution in [-0.4, -0.2) is 11.2 Å². The topological polar surface area (TPSA) is 20.2 Å². The van der Waals surface area contributed by atoms with Gasteiger partial charge in [-0.3, -0.25) is 0 Å². The van der Waals surface area contributed by atoms with Gasteiger partial charge in [0.15, 0.2) is 0 Å². The Kier molecular flexibility index (Phi) is 2.77. The lowest BCUT2D eigenvalue weighted by Crippen LogP contribution is -1.99. The maximum absolute atomic E-state index is 9.15. The number of rotatable bonds is 1. The van der Waals surface area contributed by atoms with E-state index in [-0.39, 0.29) is 6.10 Å². The van der Waals surface area contributed by atoms with Crippen molar-refractivity contribution in [1.29, 1.82) is 0 Å². The number of hydrogen-bond donors (Lipinski definition) is 1. The Morgan fingerprint density at radius 2 is 2.30 bits per heavy atom. The highest BCUT2D eigenvalue weighted by atomic mass is 16.3. The van der Waals surface area contributed by atoms with Crippen molar-refractivity contribution in [3.8, 4) is 11.8 Å². The molecule has 1 rings (SSSR count). The summed E-state index contributed by atoms with van der Waals surface area (Å²) in [7, 11) is 0. The molecule has 0 amide bonds. The minimum Gasteiger partial charge on any atom is -0.393 e. The molecule has 1 saturated carbocycles. The van der Waals surface area contributed by atoms with Crippen molar-refractivity contribution in [2.45, 2.75) is 38.7 Å². The molecule has 1 fully saturated rings. The van der Waals surface area contributed by atoms with Crippen molar-refractivity contribution in [3.63, 3.8) is 0 Å². The standard InChI is InChI=1S/C9H14O/c1-2-3-4-8-5-6-9(10)7-8/h8-10H,4-7H2,1H3. The van der Waals surface area contributed by atoms with Gasteiger partial charge < -0.3 is 5.11 Å². The maximum Gasteiger partial charge on any atom is 0.0543 e. The molecule has 0 spiro atoms. The van der Waals surface area contributed by atoms with Crippen molar-refractivity contribution in [2.75, 3.05) is 0 Å². The number of aliphatic hydroxyl groups excluding tert-OH is 1. The molecule has 0 aromatic rings. The number of hydrogen-bond acceptors (Lipinski definition) is 1. The lowest BCUT2D eigenvalue weighted by molar-refractivity contribution is 0.178. The van der Waals surface area contributed by atoms with Crippen LogP contribution in [0, 0.1) is 17.8 Å². The van der Waals surface area contributed by atoms with Gasteiger partial charge in [0, 0.05) is 6.42 Å². The molecule has 2 atom stereocenters. The Bertz CT molecular complexity index is 152. The predicted octanol–water partition coefficient (Wildman–Crippen LogP) is 1.56. The Balaban J connectivity index is 2.22. The van der Waals surface area contributed by atoms with Crippen molar-refractivity contribution in [1.82, 2.24) is 0 Å². The predicted molar refractivity (Wildman–Crippen MR) is 41.4 cm³/mol. The van der Waals surface area contributed by atoms with Crippen LogP contribution in [0.4, 0.5) is 0 Å². The third kappa shape index (κ3) is 2.04. The van der Waals surface area contributed by atoms with Gasteiger partial charge in [0.1, 0.15) is 0 Å². The van der Waals surface area contributed by atoms with Gasteiger partial charge in [0.05, 0.1) is 6.10 Å². The van der Waals surface area contributed by atoms with E-state index >= 15 is 0 Å². The van der Waals surface area contributed by atoms with Gasteiger partial charge in [-0.25, -0.2) is 0 Å². The summed E-state index contributed by atoms with van der Waals surface area (Å²) in [6.45, 7) is 1.87. The first-order chi connectivity index (χ1) is 4.83. The van der Waals surface area contributed by atoms with E-state index in [0.29, 0.717) is 5.92 Å². The molecule has 2 unspecified atom stereocenters. The molecule has 1 nitrogen and oxygen atoms in total. The minimum atomic E-state index is -0.0383. The molecule has 0 radical (unpaired) electrons. The van der Waals surface area contributed by atoms with Crippen LogP contribution in [0.15, 0.2) is 0 Å². The van der Waals surface area contributed by atoms with Crippen molar-refractivity contribution >= 4 is 0 Å². The first-order valence-corrected chi connectivity index (χ1v) is 3.90. The molecule has 1 aliphatic carbocycles. The summed E-state index contributed by atoms with van der Waals surface area (Å²) in [5.41, 5.74) is 0. The Morgan fingerprint density at radius 3 is 2.80 bits per heavy atom. The highest BCUT2D eigenvalue weighted by Crippen LogP contribution is 2.27. The lowest BCUT2D eigenvalue weighted by Gasteiger charge is -2.01. The third-order valence-corrected chi connectivity index (χ3v) is 2.08. The van der Waals surface area contributed by atoms with E-state index in [2.05, 4.69) is 11.8 Å². The van der Waals surface area contributed by atoms with Crippen molar-refractivity contribution in [3.05, 3.63) is 0 Å². The van der Waals surface area contributed by atoms with Gasteiger partial charge in [0.25, 0.3) is 0 Å². The molecule has 0 saturated heterocycles. The highest BCUT2D eigenvalue weighted by Gasteiger charge is 2.21. The summed E-state index contributed by atoms with van der Waals surface area (Å²) in [4.78, 5) is 0. The molecule has 10 heavy (non-hydrogen) atoms. The monoisotopic (exact) mass is 138 g/mol. The Hall–Kier alpha value is -0.480. The fraction of sp³-hybridized carbons (Fsp3) is 0.778. The summed E-state index contributed by atoms with van der Waals surface area (Å²) < 4.78 is 0. The minimum absolute atomic E-state index is 0.0383. The van der Waals surface area contributed by atoms with Gasteiger partial charge in [-0.05, 0) is 32.1 Å². The van der Waals surface area contributed by atoms with E-state index < -0.39 is 0 Å². The van der Waals surface area contributed by atoms with Gasteiger partial charge in [-0.1, -0.05) is 0 Å². The second-order valence-electron chi connectivity index (χ2n) is 2.96. The maximum atomic E-state index is 9.15. The molecule has 0 aromatic carbocycles. The van der Waals surface area contributed by atoms with Gasteiger partial charge in [-0.2, -0.15) is 0 Å². The Labute approximate surface area is 62.4 Å². The molecule has 0 heterocycles. The quantitative estimate of drug-likeness (QED) is 0.545. The van der Waals surface area contributed by atoms with Crippen LogP contribution in [0.1, 0.15) is 32.6 Å². The molecule has 0 bridgehead atoms. The third-order valence-electron chi connectivity index (χ3n) is 2.08. The fourth-order valence-electron chi connectivity index (χ4n) is 1.48. The summed E-state index contributed by atoms with van der Waals surface area (Å²) in [6.07, 6.45) is 4.05. The molecular weight excluding hydrogens is 124 g/mol. The van der Waals surface area contributed by atoms with E-state index in [4.69, 9.17) is 5.11 Å². The van der Waals surface area contributed by atoms with Crippen LogP contribution in [-0.2, 0) is 0 Å². The number of aliphatic hydroxyl groups is 1. The van der Waals surface area contributed by atoms with E-state index in [1.165, 1.54) is 0 Å². The summed E-state index contributed by atoms with van der Waals surface area (Å²) in [6, 6.07) is 0. The normalized spacial score (nSPS) is 31.4. The van der Waals surface area contributed by atoms with Crippen LogP contribution in [0.5, 0.6) is 0 Å².